The maximum absolute atomic E-state index is 14.0. The van der Waals surface area contributed by atoms with Crippen LogP contribution < -0.4 is 0 Å². The lowest BCUT2D eigenvalue weighted by Crippen LogP contribution is -2.52. The molecule has 2 heterocycles. The van der Waals surface area contributed by atoms with Crippen LogP contribution in [0.2, 0.25) is 5.02 Å². The first-order valence-electron chi connectivity index (χ1n) is 9.26. The normalized spacial score (nSPS) is 19.9. The lowest BCUT2D eigenvalue weighted by molar-refractivity contribution is -0.143. The summed E-state index contributed by atoms with van der Waals surface area (Å²) in [5, 5.41) is 0.409. The molecule has 7 heteroatoms. The summed E-state index contributed by atoms with van der Waals surface area (Å²) in [7, 11) is 0. The number of rotatable bonds is 3. The molecule has 0 N–H and O–H groups in total. The van der Waals surface area contributed by atoms with Crippen LogP contribution in [-0.4, -0.2) is 54.0 Å². The molecule has 1 fully saturated rings. The predicted octanol–water partition coefficient (Wildman–Crippen LogP) is 2.91. The molecular weight excluding hydrogens is 383 g/mol. The molecular formula is C21H20ClFN2O3. The second-order valence-electron chi connectivity index (χ2n) is 7.06. The quantitative estimate of drug-likeness (QED) is 0.741. The van der Waals surface area contributed by atoms with Crippen LogP contribution in [0.5, 0.6) is 0 Å². The Morgan fingerprint density at radius 1 is 1.11 bits per heavy atom. The Morgan fingerprint density at radius 3 is 2.61 bits per heavy atom. The summed E-state index contributed by atoms with van der Waals surface area (Å²) >= 11 is 6.10. The Bertz CT molecular complexity index is 892. The maximum Gasteiger partial charge on any atom is 0.339 e. The third-order valence-corrected chi connectivity index (χ3v) is 5.65. The lowest BCUT2D eigenvalue weighted by atomic mass is 9.98. The number of cyclic esters (lactones) is 1. The lowest BCUT2D eigenvalue weighted by Gasteiger charge is -2.37. The molecule has 2 aliphatic rings. The number of fused-ring (bicyclic) bond motifs is 1. The molecule has 0 spiro atoms. The van der Waals surface area contributed by atoms with Gasteiger partial charge in [-0.05, 0) is 23.8 Å². The minimum Gasteiger partial charge on any atom is -0.448 e. The van der Waals surface area contributed by atoms with E-state index in [0.29, 0.717) is 55.3 Å². The van der Waals surface area contributed by atoms with Gasteiger partial charge in [-0.3, -0.25) is 9.69 Å². The highest BCUT2D eigenvalue weighted by Gasteiger charge is 2.35. The molecule has 4 rings (SSSR count). The van der Waals surface area contributed by atoms with Crippen molar-refractivity contribution in [3.8, 4) is 0 Å². The van der Waals surface area contributed by atoms with E-state index in [0.717, 1.165) is 5.56 Å². The summed E-state index contributed by atoms with van der Waals surface area (Å²) in [5.74, 6) is -0.946. The van der Waals surface area contributed by atoms with Crippen molar-refractivity contribution in [1.82, 2.24) is 9.80 Å². The number of esters is 1. The Hall–Kier alpha value is -2.44. The summed E-state index contributed by atoms with van der Waals surface area (Å²) in [4.78, 5) is 28.8. The Kier molecular flexibility index (Phi) is 5.33. The zero-order chi connectivity index (χ0) is 19.7. The van der Waals surface area contributed by atoms with Gasteiger partial charge in [0.1, 0.15) is 5.82 Å². The average Bonchev–Trinajstić information content (AvgIpc) is 2.71. The molecule has 1 amide bonds. The van der Waals surface area contributed by atoms with Crippen LogP contribution in [0.4, 0.5) is 4.39 Å². The van der Waals surface area contributed by atoms with Crippen molar-refractivity contribution in [3.05, 3.63) is 70.0 Å². The number of hydrogen-bond acceptors (Lipinski definition) is 4. The van der Waals surface area contributed by atoms with Gasteiger partial charge >= 0.3 is 5.97 Å². The fourth-order valence-corrected chi connectivity index (χ4v) is 3.93. The molecule has 2 aromatic carbocycles. The van der Waals surface area contributed by atoms with Crippen LogP contribution in [0.15, 0.2) is 42.5 Å². The number of piperazine rings is 1. The van der Waals surface area contributed by atoms with E-state index in [1.165, 1.54) is 6.07 Å². The van der Waals surface area contributed by atoms with E-state index in [-0.39, 0.29) is 11.7 Å². The van der Waals surface area contributed by atoms with Gasteiger partial charge in [0.25, 0.3) is 5.91 Å². The fourth-order valence-electron chi connectivity index (χ4n) is 3.71. The SMILES string of the molecule is O=C1OC(C(=O)N2CCN(Cc3c(F)cccc3Cl)CC2)Cc2ccccc21. The van der Waals surface area contributed by atoms with Gasteiger partial charge in [-0.1, -0.05) is 35.9 Å². The highest BCUT2D eigenvalue weighted by Crippen LogP contribution is 2.24. The number of hydrogen-bond donors (Lipinski definition) is 0. The van der Waals surface area contributed by atoms with Crippen LogP contribution in [0, 0.1) is 5.82 Å². The number of amides is 1. The standard InChI is InChI=1S/C21H20ClFN2O3/c22-17-6-3-7-18(23)16(17)13-24-8-10-25(11-9-24)20(26)19-12-14-4-1-2-5-15(14)21(27)28-19/h1-7,19H,8-13H2. The third kappa shape index (κ3) is 3.75. The molecule has 1 unspecified atom stereocenters. The topological polar surface area (TPSA) is 49.9 Å². The number of halogens is 2. The molecule has 0 saturated carbocycles. The molecule has 0 bridgehead atoms. The summed E-state index contributed by atoms with van der Waals surface area (Å²) < 4.78 is 19.4. The Balaban J connectivity index is 1.36. The first-order valence-corrected chi connectivity index (χ1v) is 9.63. The van der Waals surface area contributed by atoms with Gasteiger partial charge in [-0.25, -0.2) is 9.18 Å². The van der Waals surface area contributed by atoms with E-state index in [9.17, 15) is 14.0 Å². The molecule has 0 radical (unpaired) electrons. The van der Waals surface area contributed by atoms with Crippen molar-refractivity contribution in [2.75, 3.05) is 26.2 Å². The predicted molar refractivity (Wildman–Crippen MR) is 103 cm³/mol. The Labute approximate surface area is 167 Å². The van der Waals surface area contributed by atoms with Crippen molar-refractivity contribution in [3.63, 3.8) is 0 Å². The van der Waals surface area contributed by atoms with E-state index in [4.69, 9.17) is 16.3 Å². The van der Waals surface area contributed by atoms with E-state index >= 15 is 0 Å². The largest absolute Gasteiger partial charge is 0.448 e. The third-order valence-electron chi connectivity index (χ3n) is 5.29. The maximum atomic E-state index is 14.0. The number of benzene rings is 2. The van der Waals surface area contributed by atoms with E-state index < -0.39 is 12.1 Å². The first kappa shape index (κ1) is 18.9. The van der Waals surface area contributed by atoms with Crippen molar-refractivity contribution < 1.29 is 18.7 Å². The van der Waals surface area contributed by atoms with E-state index in [2.05, 4.69) is 4.90 Å². The average molecular weight is 403 g/mol. The van der Waals surface area contributed by atoms with Gasteiger partial charge in [0, 0.05) is 49.7 Å². The highest BCUT2D eigenvalue weighted by molar-refractivity contribution is 6.31. The second kappa shape index (κ2) is 7.89. The van der Waals surface area contributed by atoms with Gasteiger partial charge in [0.2, 0.25) is 0 Å². The molecule has 0 aliphatic carbocycles. The summed E-state index contributed by atoms with van der Waals surface area (Å²) in [6.07, 6.45) is -0.388. The molecule has 1 saturated heterocycles. The van der Waals surface area contributed by atoms with Crippen LogP contribution in [0.3, 0.4) is 0 Å². The summed E-state index contributed by atoms with van der Waals surface area (Å²) in [5.41, 5.74) is 1.84. The van der Waals surface area contributed by atoms with Gasteiger partial charge in [-0.2, -0.15) is 0 Å². The first-order chi connectivity index (χ1) is 13.5. The van der Waals surface area contributed by atoms with E-state index in [1.807, 2.05) is 12.1 Å². The number of carbonyl (C=O) groups is 2. The molecule has 5 nitrogen and oxygen atoms in total. The zero-order valence-corrected chi connectivity index (χ0v) is 16.0. The number of ether oxygens (including phenoxy) is 1. The van der Waals surface area contributed by atoms with Crippen molar-refractivity contribution in [2.24, 2.45) is 0 Å². The smallest absolute Gasteiger partial charge is 0.339 e. The van der Waals surface area contributed by atoms with Gasteiger partial charge in [-0.15, -0.1) is 0 Å². The van der Waals surface area contributed by atoms with Crippen molar-refractivity contribution >= 4 is 23.5 Å². The molecule has 28 heavy (non-hydrogen) atoms. The Morgan fingerprint density at radius 2 is 1.86 bits per heavy atom. The summed E-state index contributed by atoms with van der Waals surface area (Å²) in [6.45, 7) is 2.61. The highest BCUT2D eigenvalue weighted by atomic mass is 35.5. The molecule has 0 aromatic heterocycles. The zero-order valence-electron chi connectivity index (χ0n) is 15.2. The van der Waals surface area contributed by atoms with Crippen LogP contribution >= 0.6 is 11.6 Å². The molecule has 2 aliphatic heterocycles. The fraction of sp³-hybridized carbons (Fsp3) is 0.333. The van der Waals surface area contributed by atoms with Crippen LogP contribution in [0.1, 0.15) is 21.5 Å². The van der Waals surface area contributed by atoms with Crippen LogP contribution in [0.25, 0.3) is 0 Å². The summed E-state index contributed by atoms with van der Waals surface area (Å²) in [6, 6.07) is 11.9. The van der Waals surface area contributed by atoms with Crippen molar-refractivity contribution in [1.29, 1.82) is 0 Å². The minimum atomic E-state index is -0.782. The molecule has 1 atom stereocenters. The monoisotopic (exact) mass is 402 g/mol. The van der Waals surface area contributed by atoms with Crippen molar-refractivity contribution in [2.45, 2.75) is 19.1 Å². The number of carbonyl (C=O) groups excluding carboxylic acids is 2. The van der Waals surface area contributed by atoms with Gasteiger partial charge < -0.3 is 9.64 Å². The molecule has 2 aromatic rings. The minimum absolute atomic E-state index is 0.175. The van der Waals surface area contributed by atoms with Gasteiger partial charge in [0.15, 0.2) is 6.10 Å². The van der Waals surface area contributed by atoms with E-state index in [1.54, 1.807) is 29.2 Å². The molecule has 146 valence electrons. The number of nitrogens with zero attached hydrogens (tertiary/aromatic N) is 2. The van der Waals surface area contributed by atoms with Gasteiger partial charge in [0.05, 0.1) is 5.56 Å². The van der Waals surface area contributed by atoms with Crippen LogP contribution in [-0.2, 0) is 22.5 Å². The second-order valence-corrected chi connectivity index (χ2v) is 7.46.